The number of nitrogens with zero attached hydrogens (tertiary/aromatic N) is 4. The Bertz CT molecular complexity index is 2290. The van der Waals surface area contributed by atoms with E-state index in [1.807, 2.05) is 65.9 Å². The van der Waals surface area contributed by atoms with Gasteiger partial charge in [-0.3, -0.25) is 19.2 Å². The van der Waals surface area contributed by atoms with Crippen LogP contribution in [-0.2, 0) is 28.0 Å². The molecule has 4 aliphatic rings. The summed E-state index contributed by atoms with van der Waals surface area (Å²) in [7, 11) is 0. The second kappa shape index (κ2) is 13.4. The van der Waals surface area contributed by atoms with Crippen LogP contribution in [0, 0.1) is 12.7 Å². The van der Waals surface area contributed by atoms with Crippen LogP contribution in [0.4, 0.5) is 10.1 Å². The van der Waals surface area contributed by atoms with Gasteiger partial charge >= 0.3 is 0 Å². The summed E-state index contributed by atoms with van der Waals surface area (Å²) >= 11 is 13.0. The number of fused-ring (bicyclic) bond motifs is 7. The van der Waals surface area contributed by atoms with Crippen molar-refractivity contribution < 1.29 is 23.5 Å². The Kier molecular flexibility index (Phi) is 9.00. The lowest BCUT2D eigenvalue weighted by Crippen LogP contribution is -2.52. The van der Waals surface area contributed by atoms with E-state index in [9.17, 15) is 9.59 Å². The van der Waals surface area contributed by atoms with E-state index in [1.165, 1.54) is 6.07 Å². The number of hydrogen-bond donors (Lipinski definition) is 1. The smallest absolute Gasteiger partial charge is 0.254 e. The van der Waals surface area contributed by atoms with Crippen molar-refractivity contribution in [1.82, 2.24) is 19.6 Å². The van der Waals surface area contributed by atoms with Crippen molar-refractivity contribution in [2.45, 2.75) is 57.8 Å². The molecule has 0 aliphatic carbocycles. The van der Waals surface area contributed by atoms with Crippen molar-refractivity contribution in [2.75, 3.05) is 38.2 Å². The van der Waals surface area contributed by atoms with E-state index < -0.39 is 23.3 Å². The van der Waals surface area contributed by atoms with Crippen LogP contribution in [-0.4, -0.2) is 70.3 Å². The minimum Gasteiger partial charge on any atom is -0.494 e. The van der Waals surface area contributed by atoms with Gasteiger partial charge in [0.2, 0.25) is 5.91 Å². The lowest BCUT2D eigenvalue weighted by Gasteiger charge is -2.40. The lowest BCUT2D eigenvalue weighted by atomic mass is 9.73. The summed E-state index contributed by atoms with van der Waals surface area (Å²) in [6, 6.07) is 21.4. The first-order chi connectivity index (χ1) is 25.2. The SMILES string of the molecule is C.CCOc1cccc(CN2[C@H]3Cc4c5cc(C)c(C(=O)N6CCOCC6)cc5nn4[C@H]3[C@H](c3cccc(Cl)c3F)[C@]23C(=O)Nc2cc(Cl)ccc23)c1. The molecule has 0 unspecified atom stereocenters. The van der Waals surface area contributed by atoms with Crippen molar-refractivity contribution in [1.29, 1.82) is 0 Å². The number of morpholine rings is 1. The fraction of sp³-hybridized carbons (Fsp3) is 0.341. The van der Waals surface area contributed by atoms with Crippen molar-refractivity contribution in [3.05, 3.63) is 122 Å². The first-order valence-corrected chi connectivity index (χ1v) is 18.4. The van der Waals surface area contributed by atoms with Crippen LogP contribution < -0.4 is 10.1 Å². The highest BCUT2D eigenvalue weighted by atomic mass is 35.5. The van der Waals surface area contributed by atoms with Crippen LogP contribution in [0.1, 0.15) is 64.6 Å². The summed E-state index contributed by atoms with van der Waals surface area (Å²) in [6.45, 7) is 6.86. The van der Waals surface area contributed by atoms with Gasteiger partial charge in [-0.25, -0.2) is 4.39 Å². The van der Waals surface area contributed by atoms with Gasteiger partial charge in [-0.15, -0.1) is 0 Å². The number of ether oxygens (including phenoxy) is 2. The molecule has 274 valence electrons. The number of carbonyl (C=O) groups excluding carboxylic acids is 2. The molecule has 5 aromatic rings. The molecule has 12 heteroatoms. The van der Waals surface area contributed by atoms with Gasteiger partial charge in [0, 0.05) is 70.9 Å². The molecule has 1 N–H and O–H groups in total. The molecule has 2 saturated heterocycles. The minimum atomic E-state index is -1.36. The third-order valence-corrected chi connectivity index (χ3v) is 11.8. The van der Waals surface area contributed by atoms with E-state index in [0.29, 0.717) is 78.8 Å². The average Bonchev–Trinajstić information content (AvgIpc) is 3.83. The Morgan fingerprint density at radius 1 is 1.08 bits per heavy atom. The van der Waals surface area contributed by atoms with E-state index in [1.54, 1.807) is 24.3 Å². The third-order valence-electron chi connectivity index (χ3n) is 11.3. The second-order valence-electron chi connectivity index (χ2n) is 14.0. The van der Waals surface area contributed by atoms with Gasteiger partial charge in [-0.1, -0.05) is 61.0 Å². The number of rotatable bonds is 6. The van der Waals surface area contributed by atoms with Gasteiger partial charge in [0.05, 0.1) is 36.4 Å². The number of aromatic nitrogens is 2. The molecule has 1 spiro atoms. The van der Waals surface area contributed by atoms with Gasteiger partial charge in [0.15, 0.2) is 0 Å². The predicted molar refractivity (Wildman–Crippen MR) is 204 cm³/mol. The van der Waals surface area contributed by atoms with E-state index in [2.05, 4.69) is 10.2 Å². The number of hydrogen-bond acceptors (Lipinski definition) is 6. The number of aryl methyl sites for hydroxylation is 1. The summed E-state index contributed by atoms with van der Waals surface area (Å²) in [4.78, 5) is 32.6. The van der Waals surface area contributed by atoms with E-state index >= 15 is 4.39 Å². The van der Waals surface area contributed by atoms with Gasteiger partial charge < -0.3 is 19.7 Å². The number of amides is 2. The van der Waals surface area contributed by atoms with E-state index in [-0.39, 0.29) is 30.3 Å². The van der Waals surface area contributed by atoms with Crippen molar-refractivity contribution in [2.24, 2.45) is 0 Å². The topological polar surface area (TPSA) is 88.9 Å². The molecule has 4 aliphatic heterocycles. The molecule has 2 amide bonds. The fourth-order valence-electron chi connectivity index (χ4n) is 9.15. The number of benzene rings is 4. The maximum Gasteiger partial charge on any atom is 0.254 e. The highest BCUT2D eigenvalue weighted by Gasteiger charge is 2.69. The molecule has 0 saturated carbocycles. The molecular weight excluding hydrogens is 716 g/mol. The van der Waals surface area contributed by atoms with Gasteiger partial charge in [-0.05, 0) is 73.0 Å². The van der Waals surface area contributed by atoms with Crippen LogP contribution in [0.15, 0.2) is 72.8 Å². The quantitative estimate of drug-likeness (QED) is 0.190. The Hall–Kier alpha value is -4.48. The zero-order valence-electron chi connectivity index (χ0n) is 28.7. The van der Waals surface area contributed by atoms with Crippen LogP contribution in [0.2, 0.25) is 10.0 Å². The van der Waals surface area contributed by atoms with Crippen LogP contribution >= 0.6 is 23.2 Å². The van der Waals surface area contributed by atoms with Crippen LogP contribution in [0.3, 0.4) is 0 Å². The first-order valence-electron chi connectivity index (χ1n) is 17.6. The normalized spacial score (nSPS) is 23.2. The molecule has 53 heavy (non-hydrogen) atoms. The van der Waals surface area contributed by atoms with Gasteiger partial charge in [0.25, 0.3) is 5.91 Å². The molecule has 4 aromatic carbocycles. The Labute approximate surface area is 317 Å². The zero-order valence-corrected chi connectivity index (χ0v) is 30.2. The molecule has 0 radical (unpaired) electrons. The molecule has 9 rings (SSSR count). The lowest BCUT2D eigenvalue weighted by molar-refractivity contribution is -0.128. The van der Waals surface area contributed by atoms with E-state index in [4.69, 9.17) is 37.8 Å². The number of likely N-dealkylation sites (tertiary alicyclic amines) is 1. The van der Waals surface area contributed by atoms with Crippen LogP contribution in [0.5, 0.6) is 5.75 Å². The highest BCUT2D eigenvalue weighted by Crippen LogP contribution is 2.64. The molecule has 2 fully saturated rings. The van der Waals surface area contributed by atoms with Crippen LogP contribution in [0.25, 0.3) is 10.9 Å². The molecular formula is C41H40Cl2FN5O4. The summed E-state index contributed by atoms with van der Waals surface area (Å²) in [6.07, 6.45) is 0.541. The Morgan fingerprint density at radius 3 is 2.66 bits per heavy atom. The average molecular weight is 757 g/mol. The van der Waals surface area contributed by atoms with Crippen molar-refractivity contribution in [3.8, 4) is 5.75 Å². The summed E-state index contributed by atoms with van der Waals surface area (Å²) < 4.78 is 29.9. The van der Waals surface area contributed by atoms with Gasteiger partial charge in [0.1, 0.15) is 17.1 Å². The molecule has 9 nitrogen and oxygen atoms in total. The maximum atomic E-state index is 16.6. The summed E-state index contributed by atoms with van der Waals surface area (Å²) in [5, 5.41) is 9.71. The first kappa shape index (κ1) is 35.5. The summed E-state index contributed by atoms with van der Waals surface area (Å²) in [5.41, 5.74) is 4.34. The monoisotopic (exact) mass is 755 g/mol. The Morgan fingerprint density at radius 2 is 1.87 bits per heavy atom. The van der Waals surface area contributed by atoms with E-state index in [0.717, 1.165) is 28.0 Å². The number of nitrogens with one attached hydrogen (secondary N) is 1. The van der Waals surface area contributed by atoms with Crippen molar-refractivity contribution in [3.63, 3.8) is 0 Å². The highest BCUT2D eigenvalue weighted by molar-refractivity contribution is 6.31. The maximum absolute atomic E-state index is 16.6. The minimum absolute atomic E-state index is 0. The molecule has 0 bridgehead atoms. The summed E-state index contributed by atoms with van der Waals surface area (Å²) in [5.74, 6) is -0.904. The molecule has 5 heterocycles. The number of carbonyl (C=O) groups is 2. The number of halogens is 3. The van der Waals surface area contributed by atoms with Gasteiger partial charge in [-0.2, -0.15) is 5.10 Å². The number of anilines is 1. The fourth-order valence-corrected chi connectivity index (χ4v) is 9.50. The predicted octanol–water partition coefficient (Wildman–Crippen LogP) is 7.91. The largest absolute Gasteiger partial charge is 0.494 e. The third kappa shape index (κ3) is 5.36. The Balaban J connectivity index is 0.00000400. The molecule has 4 atom stereocenters. The standard InChI is InChI=1S/C40H36Cl2FN5O4.CH4/c1-3-52-25-7-4-6-23(17-25)21-47-34-20-33-28-16-22(2)27(38(49)46-12-14-51-15-13-46)19-31(28)45-48(33)37(34)35(26-8-5-9-30(42)36(26)43)40(47)29-11-10-24(41)18-32(29)44-39(40)50;/h4-11,16-19,34-35,37H,3,12-15,20-21H2,1-2H3,(H,44,50);1H4/t34-,35-,37+,40+;/m0./s1. The van der Waals surface area contributed by atoms with Crippen molar-refractivity contribution >= 4 is 51.6 Å². The zero-order chi connectivity index (χ0) is 35.9. The second-order valence-corrected chi connectivity index (χ2v) is 14.8. The molecule has 1 aromatic heterocycles.